The summed E-state index contributed by atoms with van der Waals surface area (Å²) < 4.78 is 46.0. The lowest BCUT2D eigenvalue weighted by molar-refractivity contribution is -0.140. The number of aromatic nitrogens is 3. The van der Waals surface area contributed by atoms with E-state index < -0.39 is 11.9 Å². The van der Waals surface area contributed by atoms with Gasteiger partial charge in [0.15, 0.2) is 5.69 Å². The Kier molecular flexibility index (Phi) is 4.74. The second kappa shape index (κ2) is 7.08. The predicted octanol–water partition coefficient (Wildman–Crippen LogP) is 2.43. The minimum atomic E-state index is -4.64. The van der Waals surface area contributed by atoms with Crippen molar-refractivity contribution in [2.24, 2.45) is 5.92 Å². The lowest BCUT2D eigenvalue weighted by Gasteiger charge is -2.39. The van der Waals surface area contributed by atoms with Crippen LogP contribution in [-0.2, 0) is 10.9 Å². The molecule has 150 valence electrons. The second-order valence-corrected chi connectivity index (χ2v) is 7.15. The van der Waals surface area contributed by atoms with Gasteiger partial charge in [0.1, 0.15) is 11.6 Å². The molecule has 4 heterocycles. The van der Waals surface area contributed by atoms with Crippen LogP contribution in [0.15, 0.2) is 18.2 Å². The molecule has 0 radical (unpaired) electrons. The van der Waals surface area contributed by atoms with Crippen LogP contribution in [0, 0.1) is 5.92 Å². The van der Waals surface area contributed by atoms with Crippen LogP contribution in [0.2, 0.25) is 0 Å². The number of halogens is 3. The van der Waals surface area contributed by atoms with E-state index in [-0.39, 0.29) is 17.1 Å². The Labute approximate surface area is 160 Å². The number of morpholine rings is 1. The van der Waals surface area contributed by atoms with E-state index in [1.54, 1.807) is 6.07 Å². The van der Waals surface area contributed by atoms with Gasteiger partial charge >= 0.3 is 6.18 Å². The average Bonchev–Trinajstić information content (AvgIpc) is 2.65. The summed E-state index contributed by atoms with van der Waals surface area (Å²) in [6.07, 6.45) is -4.64. The molecule has 0 unspecified atom stereocenters. The number of ether oxygens (including phenoxy) is 1. The Hall–Kier alpha value is -2.62. The summed E-state index contributed by atoms with van der Waals surface area (Å²) in [5.41, 5.74) is 4.54. The van der Waals surface area contributed by atoms with Gasteiger partial charge in [0.05, 0.1) is 18.9 Å². The molecule has 2 saturated heterocycles. The smallest absolute Gasteiger partial charge is 0.384 e. The summed E-state index contributed by atoms with van der Waals surface area (Å²) in [7, 11) is 0. The zero-order valence-corrected chi connectivity index (χ0v) is 15.4. The number of anilines is 3. The number of alkyl halides is 3. The normalized spacial score (nSPS) is 18.3. The number of nitrogens with two attached hydrogens (primary N) is 1. The zero-order chi connectivity index (χ0) is 19.9. The predicted molar refractivity (Wildman–Crippen MR) is 99.1 cm³/mol. The van der Waals surface area contributed by atoms with Crippen molar-refractivity contribution < 1.29 is 17.9 Å². The van der Waals surface area contributed by atoms with Gasteiger partial charge in [-0.25, -0.2) is 9.97 Å². The van der Waals surface area contributed by atoms with E-state index in [4.69, 9.17) is 10.5 Å². The molecule has 0 bridgehead atoms. The molecule has 0 atom stereocenters. The molecule has 2 aromatic heterocycles. The molecule has 0 aromatic carbocycles. The molecule has 10 heteroatoms. The molecule has 2 aliphatic rings. The van der Waals surface area contributed by atoms with Gasteiger partial charge in [-0.3, -0.25) is 0 Å². The summed E-state index contributed by atoms with van der Waals surface area (Å²) in [6.45, 7) is 5.97. The van der Waals surface area contributed by atoms with Crippen LogP contribution in [0.5, 0.6) is 0 Å². The topological polar surface area (TPSA) is 80.4 Å². The maximum atomic E-state index is 13.6. The van der Waals surface area contributed by atoms with Crippen LogP contribution in [0.3, 0.4) is 0 Å². The standard InChI is InChI=1S/C18H21F3N6O/c1-11-9-27(10-11)15-8-13(23-17(25-15)26-4-6-28-7-5-26)12-2-3-14(22)24-16(12)18(19,20)21/h2-3,8,11H,4-7,9-10H2,1H3,(H2,22,24). The van der Waals surface area contributed by atoms with Crippen LogP contribution >= 0.6 is 0 Å². The van der Waals surface area contributed by atoms with Gasteiger partial charge in [0.2, 0.25) is 5.95 Å². The van der Waals surface area contributed by atoms with Crippen molar-refractivity contribution in [1.29, 1.82) is 0 Å². The van der Waals surface area contributed by atoms with Gasteiger partial charge in [0, 0.05) is 37.8 Å². The number of hydrogen-bond donors (Lipinski definition) is 1. The van der Waals surface area contributed by atoms with Crippen molar-refractivity contribution in [3.05, 3.63) is 23.9 Å². The molecule has 2 fully saturated rings. The van der Waals surface area contributed by atoms with Crippen LogP contribution in [-0.4, -0.2) is 54.3 Å². The molecule has 2 aliphatic heterocycles. The maximum Gasteiger partial charge on any atom is 0.434 e. The van der Waals surface area contributed by atoms with Crippen LogP contribution in [0.25, 0.3) is 11.3 Å². The number of nitrogen functional groups attached to an aromatic ring is 1. The third-order valence-electron chi connectivity index (χ3n) is 4.84. The SMILES string of the molecule is CC1CN(c2cc(-c3ccc(N)nc3C(F)(F)F)nc(N3CCOCC3)n2)C1. The van der Waals surface area contributed by atoms with Gasteiger partial charge in [-0.15, -0.1) is 0 Å². The van der Waals surface area contributed by atoms with E-state index in [0.29, 0.717) is 44.0 Å². The Morgan fingerprint density at radius 3 is 2.43 bits per heavy atom. The van der Waals surface area contributed by atoms with E-state index in [0.717, 1.165) is 13.1 Å². The first-order valence-corrected chi connectivity index (χ1v) is 9.12. The summed E-state index contributed by atoms with van der Waals surface area (Å²) in [5, 5.41) is 0. The first-order valence-electron chi connectivity index (χ1n) is 9.12. The highest BCUT2D eigenvalue weighted by molar-refractivity contribution is 5.69. The highest BCUT2D eigenvalue weighted by Gasteiger charge is 2.37. The first-order chi connectivity index (χ1) is 13.3. The van der Waals surface area contributed by atoms with Crippen molar-refractivity contribution in [1.82, 2.24) is 15.0 Å². The Morgan fingerprint density at radius 1 is 1.07 bits per heavy atom. The van der Waals surface area contributed by atoms with Crippen molar-refractivity contribution in [3.8, 4) is 11.3 Å². The van der Waals surface area contributed by atoms with Crippen LogP contribution in [0.1, 0.15) is 12.6 Å². The summed E-state index contributed by atoms with van der Waals surface area (Å²) in [6, 6.07) is 4.27. The summed E-state index contributed by atoms with van der Waals surface area (Å²) in [5.74, 6) is 1.36. The van der Waals surface area contributed by atoms with Crippen molar-refractivity contribution in [2.45, 2.75) is 13.1 Å². The Morgan fingerprint density at radius 2 is 1.79 bits per heavy atom. The minimum Gasteiger partial charge on any atom is -0.384 e. The average molecular weight is 394 g/mol. The Balaban J connectivity index is 1.81. The van der Waals surface area contributed by atoms with Crippen molar-refractivity contribution in [2.75, 3.05) is 54.9 Å². The van der Waals surface area contributed by atoms with Gasteiger partial charge in [-0.1, -0.05) is 6.92 Å². The van der Waals surface area contributed by atoms with E-state index >= 15 is 0 Å². The molecule has 2 aromatic rings. The number of nitrogens with zero attached hydrogens (tertiary/aromatic N) is 5. The van der Waals surface area contributed by atoms with E-state index in [2.05, 4.69) is 21.9 Å². The number of rotatable bonds is 3. The summed E-state index contributed by atoms with van der Waals surface area (Å²) in [4.78, 5) is 16.5. The molecule has 2 N–H and O–H groups in total. The molecule has 0 spiro atoms. The quantitative estimate of drug-likeness (QED) is 0.856. The van der Waals surface area contributed by atoms with Gasteiger partial charge < -0.3 is 20.3 Å². The minimum absolute atomic E-state index is 0.103. The highest BCUT2D eigenvalue weighted by Crippen LogP contribution is 2.37. The van der Waals surface area contributed by atoms with Crippen LogP contribution in [0.4, 0.5) is 30.8 Å². The fraction of sp³-hybridized carbons (Fsp3) is 0.500. The molecular formula is C18H21F3N6O. The number of hydrogen-bond acceptors (Lipinski definition) is 7. The fourth-order valence-corrected chi connectivity index (χ4v) is 3.41. The molecule has 0 aliphatic carbocycles. The maximum absolute atomic E-state index is 13.6. The van der Waals surface area contributed by atoms with Gasteiger partial charge in [-0.2, -0.15) is 18.2 Å². The third kappa shape index (κ3) is 3.68. The molecule has 0 amide bonds. The lowest BCUT2D eigenvalue weighted by Crippen LogP contribution is -2.46. The van der Waals surface area contributed by atoms with Crippen molar-refractivity contribution >= 4 is 17.6 Å². The highest BCUT2D eigenvalue weighted by atomic mass is 19.4. The third-order valence-corrected chi connectivity index (χ3v) is 4.84. The van der Waals surface area contributed by atoms with Crippen molar-refractivity contribution in [3.63, 3.8) is 0 Å². The zero-order valence-electron chi connectivity index (χ0n) is 15.4. The van der Waals surface area contributed by atoms with E-state index in [1.165, 1.54) is 12.1 Å². The second-order valence-electron chi connectivity index (χ2n) is 7.15. The monoisotopic (exact) mass is 394 g/mol. The lowest BCUT2D eigenvalue weighted by atomic mass is 10.0. The molecule has 0 saturated carbocycles. The fourth-order valence-electron chi connectivity index (χ4n) is 3.41. The molecule has 28 heavy (non-hydrogen) atoms. The Bertz CT molecular complexity index is 863. The molecule has 4 rings (SSSR count). The van der Waals surface area contributed by atoms with Crippen LogP contribution < -0.4 is 15.5 Å². The molecule has 7 nitrogen and oxygen atoms in total. The van der Waals surface area contributed by atoms with E-state index in [9.17, 15) is 13.2 Å². The van der Waals surface area contributed by atoms with Gasteiger partial charge in [0.25, 0.3) is 0 Å². The van der Waals surface area contributed by atoms with Gasteiger partial charge in [-0.05, 0) is 18.1 Å². The first kappa shape index (κ1) is 18.7. The summed E-state index contributed by atoms with van der Waals surface area (Å²) >= 11 is 0. The number of pyridine rings is 1. The van der Waals surface area contributed by atoms with E-state index in [1.807, 2.05) is 9.80 Å². The largest absolute Gasteiger partial charge is 0.434 e. The molecular weight excluding hydrogens is 373 g/mol.